The molecule has 0 unspecified atom stereocenters. The van der Waals surface area contributed by atoms with E-state index in [0.29, 0.717) is 47.7 Å². The quantitative estimate of drug-likeness (QED) is 0.457. The number of nitrogens with zero attached hydrogens (tertiary/aromatic N) is 4. The predicted molar refractivity (Wildman–Crippen MR) is 144 cm³/mol. The van der Waals surface area contributed by atoms with Crippen molar-refractivity contribution in [2.45, 2.75) is 13.5 Å². The molecule has 0 saturated carbocycles. The van der Waals surface area contributed by atoms with Crippen LogP contribution in [0.5, 0.6) is 0 Å². The van der Waals surface area contributed by atoms with Crippen LogP contribution in [0.2, 0.25) is 5.02 Å². The highest BCUT2D eigenvalue weighted by Gasteiger charge is 2.25. The maximum Gasteiger partial charge on any atom is 0.322 e. The minimum absolute atomic E-state index is 0.0752. The Morgan fingerprint density at radius 3 is 2.64 bits per heavy atom. The summed E-state index contributed by atoms with van der Waals surface area (Å²) < 4.78 is 5.18. The number of urea groups is 1. The first kappa shape index (κ1) is 25.9. The Morgan fingerprint density at radius 1 is 1.14 bits per heavy atom. The number of piperazine rings is 1. The van der Waals surface area contributed by atoms with Gasteiger partial charge in [0.15, 0.2) is 0 Å². The number of aromatic nitrogens is 1. The zero-order valence-corrected chi connectivity index (χ0v) is 22.0. The summed E-state index contributed by atoms with van der Waals surface area (Å²) in [4.78, 5) is 36.4. The Balaban J connectivity index is 1.36. The Bertz CT molecular complexity index is 1200. The smallest absolute Gasteiger partial charge is 0.322 e. The summed E-state index contributed by atoms with van der Waals surface area (Å²) in [6.07, 6.45) is 0. The maximum absolute atomic E-state index is 13.1. The second-order valence-corrected chi connectivity index (χ2v) is 9.93. The number of hydrogen-bond acceptors (Lipinski definition) is 6. The maximum atomic E-state index is 13.1. The fraction of sp³-hybridized carbons (Fsp3) is 0.346. The number of anilines is 2. The van der Waals surface area contributed by atoms with Crippen LogP contribution in [-0.4, -0.2) is 73.2 Å². The molecular weight excluding hydrogens is 498 g/mol. The number of para-hydroxylation sites is 1. The highest BCUT2D eigenvalue weighted by molar-refractivity contribution is 7.09. The van der Waals surface area contributed by atoms with Crippen LogP contribution < -0.4 is 10.2 Å². The number of carbonyl (C=O) groups is 2. The molecule has 1 N–H and O–H groups in total. The van der Waals surface area contributed by atoms with Crippen LogP contribution in [0.4, 0.5) is 16.2 Å². The Hall–Kier alpha value is -3.14. The van der Waals surface area contributed by atoms with Gasteiger partial charge in [0.25, 0.3) is 5.91 Å². The van der Waals surface area contributed by atoms with Crippen LogP contribution in [0.1, 0.15) is 21.1 Å². The number of halogens is 1. The zero-order valence-electron chi connectivity index (χ0n) is 20.4. The van der Waals surface area contributed by atoms with Crippen molar-refractivity contribution in [1.29, 1.82) is 0 Å². The van der Waals surface area contributed by atoms with E-state index in [1.807, 2.05) is 17.0 Å². The molecule has 1 aromatic heterocycles. The van der Waals surface area contributed by atoms with E-state index in [4.69, 9.17) is 16.3 Å². The van der Waals surface area contributed by atoms with Crippen LogP contribution in [0.3, 0.4) is 0 Å². The second-order valence-electron chi connectivity index (χ2n) is 8.55. The van der Waals surface area contributed by atoms with E-state index in [0.717, 1.165) is 13.1 Å². The highest BCUT2D eigenvalue weighted by Crippen LogP contribution is 2.22. The van der Waals surface area contributed by atoms with E-state index in [9.17, 15) is 9.59 Å². The standard InChI is InChI=1S/C26H30ClN5O3S/c1-19-6-3-4-9-23(19)30-10-12-31(13-11-30)25(33)22-18-36-24(29-22)17-32(14-15-35-2)26(34)28-21-8-5-7-20(27)16-21/h3-9,16,18H,10-15,17H2,1-2H3,(H,28,34). The molecule has 36 heavy (non-hydrogen) atoms. The van der Waals surface area contributed by atoms with Gasteiger partial charge in [-0.15, -0.1) is 11.3 Å². The van der Waals surface area contributed by atoms with E-state index in [2.05, 4.69) is 34.3 Å². The largest absolute Gasteiger partial charge is 0.383 e. The summed E-state index contributed by atoms with van der Waals surface area (Å²) in [5.74, 6) is -0.0752. The first-order valence-electron chi connectivity index (χ1n) is 11.8. The van der Waals surface area contributed by atoms with E-state index >= 15 is 0 Å². The molecule has 4 rings (SSSR count). The molecule has 1 saturated heterocycles. The van der Waals surface area contributed by atoms with Crippen LogP contribution in [-0.2, 0) is 11.3 Å². The van der Waals surface area contributed by atoms with Crippen LogP contribution in [0, 0.1) is 6.92 Å². The van der Waals surface area contributed by atoms with Crippen LogP contribution in [0.25, 0.3) is 0 Å². The van der Waals surface area contributed by atoms with Crippen molar-refractivity contribution >= 4 is 46.3 Å². The summed E-state index contributed by atoms with van der Waals surface area (Å²) in [6, 6.07) is 15.0. The fourth-order valence-corrected chi connectivity index (χ4v) is 5.07. The van der Waals surface area contributed by atoms with Gasteiger partial charge in [-0.05, 0) is 36.8 Å². The number of hydrogen-bond donors (Lipinski definition) is 1. The monoisotopic (exact) mass is 527 g/mol. The van der Waals surface area contributed by atoms with Gasteiger partial charge < -0.3 is 24.8 Å². The minimum atomic E-state index is -0.287. The number of thiazole rings is 1. The van der Waals surface area contributed by atoms with Gasteiger partial charge in [-0.2, -0.15) is 0 Å². The van der Waals surface area contributed by atoms with Gasteiger partial charge in [0.2, 0.25) is 0 Å². The molecule has 1 aliphatic rings. The Morgan fingerprint density at radius 2 is 1.92 bits per heavy atom. The number of benzene rings is 2. The van der Waals surface area contributed by atoms with E-state index < -0.39 is 0 Å². The molecule has 0 aliphatic carbocycles. The lowest BCUT2D eigenvalue weighted by Gasteiger charge is -2.36. The second kappa shape index (κ2) is 12.2. The molecule has 10 heteroatoms. The van der Waals surface area contributed by atoms with Crippen molar-refractivity contribution in [3.63, 3.8) is 0 Å². The molecule has 0 bridgehead atoms. The fourth-order valence-electron chi connectivity index (χ4n) is 4.10. The predicted octanol–water partition coefficient (Wildman–Crippen LogP) is 4.75. The summed E-state index contributed by atoms with van der Waals surface area (Å²) in [6.45, 7) is 5.98. The Kier molecular flexibility index (Phi) is 8.79. The van der Waals surface area contributed by atoms with Gasteiger partial charge in [0.05, 0.1) is 13.2 Å². The van der Waals surface area contributed by atoms with Gasteiger partial charge >= 0.3 is 6.03 Å². The van der Waals surface area contributed by atoms with Crippen molar-refractivity contribution < 1.29 is 14.3 Å². The number of nitrogens with one attached hydrogen (secondary N) is 1. The molecule has 0 atom stereocenters. The van der Waals surface area contributed by atoms with Crippen LogP contribution in [0.15, 0.2) is 53.9 Å². The number of rotatable bonds is 8. The number of aryl methyl sites for hydroxylation is 1. The highest BCUT2D eigenvalue weighted by atomic mass is 35.5. The van der Waals surface area contributed by atoms with Gasteiger partial charge in [-0.3, -0.25) is 4.79 Å². The third-order valence-electron chi connectivity index (χ3n) is 6.05. The Labute approximate surface area is 220 Å². The molecule has 8 nitrogen and oxygen atoms in total. The summed E-state index contributed by atoms with van der Waals surface area (Å²) >= 11 is 7.41. The van der Waals surface area contributed by atoms with E-state index in [1.54, 1.807) is 41.7 Å². The molecule has 1 aliphatic heterocycles. The first-order chi connectivity index (χ1) is 17.4. The van der Waals surface area contributed by atoms with Crippen LogP contribution >= 0.6 is 22.9 Å². The third kappa shape index (κ3) is 6.54. The molecule has 2 aromatic carbocycles. The molecule has 3 amide bonds. The van der Waals surface area contributed by atoms with Crippen molar-refractivity contribution in [2.24, 2.45) is 0 Å². The molecule has 3 aromatic rings. The number of carbonyl (C=O) groups excluding carboxylic acids is 2. The number of ether oxygens (including phenoxy) is 1. The SMILES string of the molecule is COCCN(Cc1nc(C(=O)N2CCN(c3ccccc3C)CC2)cs1)C(=O)Nc1cccc(Cl)c1. The van der Waals surface area contributed by atoms with Crippen molar-refractivity contribution in [1.82, 2.24) is 14.8 Å². The van der Waals surface area contributed by atoms with Gasteiger partial charge in [-0.1, -0.05) is 35.9 Å². The number of methoxy groups -OCH3 is 1. The average molecular weight is 528 g/mol. The molecule has 2 heterocycles. The third-order valence-corrected chi connectivity index (χ3v) is 7.12. The first-order valence-corrected chi connectivity index (χ1v) is 13.0. The number of amides is 3. The molecule has 0 spiro atoms. The molecule has 190 valence electrons. The van der Waals surface area contributed by atoms with Gasteiger partial charge in [0, 0.05) is 61.6 Å². The minimum Gasteiger partial charge on any atom is -0.383 e. The lowest BCUT2D eigenvalue weighted by Crippen LogP contribution is -2.49. The lowest BCUT2D eigenvalue weighted by molar-refractivity contribution is 0.0741. The van der Waals surface area contributed by atoms with Crippen molar-refractivity contribution in [3.8, 4) is 0 Å². The topological polar surface area (TPSA) is 78.0 Å². The van der Waals surface area contributed by atoms with Gasteiger partial charge in [-0.25, -0.2) is 9.78 Å². The summed E-state index contributed by atoms with van der Waals surface area (Å²) in [5.41, 5.74) is 3.47. The molecule has 1 fully saturated rings. The summed E-state index contributed by atoms with van der Waals surface area (Å²) in [5, 5.41) is 5.86. The molecular formula is C26H30ClN5O3S. The van der Waals surface area contributed by atoms with E-state index in [1.165, 1.54) is 22.6 Å². The van der Waals surface area contributed by atoms with Crippen molar-refractivity contribution in [2.75, 3.05) is 56.7 Å². The van der Waals surface area contributed by atoms with E-state index in [-0.39, 0.29) is 18.5 Å². The van der Waals surface area contributed by atoms with Gasteiger partial charge in [0.1, 0.15) is 10.7 Å². The van der Waals surface area contributed by atoms with Crippen molar-refractivity contribution in [3.05, 3.63) is 75.2 Å². The normalized spacial score (nSPS) is 13.5. The average Bonchev–Trinajstić information content (AvgIpc) is 3.35. The zero-order chi connectivity index (χ0) is 25.5. The molecule has 0 radical (unpaired) electrons. The summed E-state index contributed by atoms with van der Waals surface area (Å²) in [7, 11) is 1.59. The lowest BCUT2D eigenvalue weighted by atomic mass is 10.1.